The molecular formula is C20H22FNO4. The number of nitrogens with zero attached hydrogens (tertiary/aromatic N) is 1. The number of hydrogen-bond acceptors (Lipinski definition) is 4. The number of hydrogen-bond donors (Lipinski definition) is 0. The summed E-state index contributed by atoms with van der Waals surface area (Å²) in [7, 11) is 0. The fraction of sp³-hybridized carbons (Fsp3) is 0.300. The summed E-state index contributed by atoms with van der Waals surface area (Å²) in [6, 6.07) is 18.2. The number of para-hydroxylation sites is 1. The number of rotatable bonds is 8. The molecule has 2 aromatic rings. The van der Waals surface area contributed by atoms with Crippen molar-refractivity contribution in [3.05, 3.63) is 66.2 Å². The summed E-state index contributed by atoms with van der Waals surface area (Å²) in [5.74, 6) is -1.50. The van der Waals surface area contributed by atoms with Gasteiger partial charge in [0.25, 0.3) is 0 Å². The SMILES string of the molecule is CC(C)(COCc1ccccc1)C(=O)N(CC(=O)OF)c1ccccc1. The first kappa shape index (κ1) is 19.6. The minimum Gasteiger partial charge on any atom is -0.376 e. The van der Waals surface area contributed by atoms with E-state index in [1.807, 2.05) is 30.3 Å². The maximum Gasteiger partial charge on any atom is 0.368 e. The van der Waals surface area contributed by atoms with E-state index in [4.69, 9.17) is 4.74 Å². The third kappa shape index (κ3) is 5.39. The number of amides is 1. The zero-order valence-electron chi connectivity index (χ0n) is 14.9. The summed E-state index contributed by atoms with van der Waals surface area (Å²) in [6.45, 7) is 3.44. The zero-order valence-corrected chi connectivity index (χ0v) is 14.9. The number of anilines is 1. The average molecular weight is 359 g/mol. The zero-order chi connectivity index (χ0) is 19.0. The lowest BCUT2D eigenvalue weighted by molar-refractivity contribution is -0.182. The van der Waals surface area contributed by atoms with E-state index in [0.29, 0.717) is 12.3 Å². The molecule has 26 heavy (non-hydrogen) atoms. The van der Waals surface area contributed by atoms with Crippen molar-refractivity contribution in [2.24, 2.45) is 5.41 Å². The molecular weight excluding hydrogens is 337 g/mol. The normalized spacial score (nSPS) is 11.0. The quantitative estimate of drug-likeness (QED) is 0.721. The molecule has 6 heteroatoms. The fourth-order valence-corrected chi connectivity index (χ4v) is 2.47. The van der Waals surface area contributed by atoms with E-state index in [2.05, 4.69) is 4.94 Å². The number of ether oxygens (including phenoxy) is 1. The third-order valence-electron chi connectivity index (χ3n) is 3.84. The van der Waals surface area contributed by atoms with Crippen LogP contribution in [-0.2, 0) is 25.9 Å². The van der Waals surface area contributed by atoms with Crippen molar-refractivity contribution in [1.29, 1.82) is 0 Å². The van der Waals surface area contributed by atoms with E-state index < -0.39 is 17.9 Å². The average Bonchev–Trinajstić information content (AvgIpc) is 2.66. The Morgan fingerprint density at radius 2 is 1.58 bits per heavy atom. The van der Waals surface area contributed by atoms with Crippen LogP contribution in [-0.4, -0.2) is 25.0 Å². The van der Waals surface area contributed by atoms with Gasteiger partial charge in [-0.3, -0.25) is 9.74 Å². The van der Waals surface area contributed by atoms with Crippen LogP contribution in [0.4, 0.5) is 10.2 Å². The molecule has 0 unspecified atom stereocenters. The molecule has 2 aromatic carbocycles. The van der Waals surface area contributed by atoms with Gasteiger partial charge >= 0.3 is 5.97 Å². The Balaban J connectivity index is 2.08. The fourth-order valence-electron chi connectivity index (χ4n) is 2.47. The summed E-state index contributed by atoms with van der Waals surface area (Å²) in [4.78, 5) is 28.8. The van der Waals surface area contributed by atoms with Crippen molar-refractivity contribution < 1.29 is 23.8 Å². The van der Waals surface area contributed by atoms with Crippen LogP contribution in [0, 0.1) is 5.41 Å². The molecule has 0 bridgehead atoms. The third-order valence-corrected chi connectivity index (χ3v) is 3.84. The molecule has 0 aliphatic carbocycles. The molecule has 1 amide bonds. The first-order chi connectivity index (χ1) is 12.4. The standard InChI is InChI=1S/C20H22FNO4/c1-20(2,15-25-14-16-9-5-3-6-10-16)19(24)22(13-18(23)26-21)17-11-7-4-8-12-17/h3-12H,13-15H2,1-2H3. The Bertz CT molecular complexity index is 719. The van der Waals surface area contributed by atoms with Gasteiger partial charge in [-0.1, -0.05) is 48.5 Å². The molecule has 0 N–H and O–H groups in total. The highest BCUT2D eigenvalue weighted by molar-refractivity contribution is 6.00. The second kappa shape index (κ2) is 9.10. The smallest absolute Gasteiger partial charge is 0.368 e. The molecule has 0 heterocycles. The van der Waals surface area contributed by atoms with Crippen molar-refractivity contribution >= 4 is 17.6 Å². The molecule has 0 aliphatic heterocycles. The second-order valence-electron chi connectivity index (χ2n) is 6.54. The van der Waals surface area contributed by atoms with Crippen molar-refractivity contribution in [2.45, 2.75) is 20.5 Å². The molecule has 0 aliphatic rings. The second-order valence-corrected chi connectivity index (χ2v) is 6.54. The van der Waals surface area contributed by atoms with Gasteiger partial charge in [-0.05, 0) is 31.5 Å². The molecule has 0 saturated carbocycles. The van der Waals surface area contributed by atoms with E-state index in [0.717, 1.165) is 5.56 Å². The topological polar surface area (TPSA) is 55.8 Å². The highest BCUT2D eigenvalue weighted by Gasteiger charge is 2.34. The summed E-state index contributed by atoms with van der Waals surface area (Å²) >= 11 is 0. The minimum atomic E-state index is -1.14. The van der Waals surface area contributed by atoms with Gasteiger partial charge in [0.1, 0.15) is 6.54 Å². The Morgan fingerprint density at radius 1 is 1.00 bits per heavy atom. The minimum absolute atomic E-state index is 0.148. The van der Waals surface area contributed by atoms with Crippen LogP contribution in [0.3, 0.4) is 0 Å². The first-order valence-corrected chi connectivity index (χ1v) is 8.24. The van der Waals surface area contributed by atoms with Crippen LogP contribution in [0.5, 0.6) is 0 Å². The Hall–Kier alpha value is -2.73. The summed E-state index contributed by atoms with van der Waals surface area (Å²) in [5.41, 5.74) is 0.567. The summed E-state index contributed by atoms with van der Waals surface area (Å²) < 4.78 is 17.9. The Morgan fingerprint density at radius 3 is 2.15 bits per heavy atom. The Labute approximate surface area is 152 Å². The van der Waals surface area contributed by atoms with Gasteiger partial charge < -0.3 is 9.64 Å². The predicted octanol–water partition coefficient (Wildman–Crippen LogP) is 3.69. The maximum absolute atomic E-state index is 13.0. The van der Waals surface area contributed by atoms with Gasteiger partial charge in [-0.25, -0.2) is 4.79 Å². The monoisotopic (exact) mass is 359 g/mol. The van der Waals surface area contributed by atoms with Crippen LogP contribution < -0.4 is 4.90 Å². The van der Waals surface area contributed by atoms with E-state index in [9.17, 15) is 14.1 Å². The van der Waals surface area contributed by atoms with Gasteiger partial charge in [-0.2, -0.15) is 0 Å². The molecule has 0 fully saturated rings. The van der Waals surface area contributed by atoms with Crippen LogP contribution >= 0.6 is 0 Å². The van der Waals surface area contributed by atoms with Crippen molar-refractivity contribution in [3.8, 4) is 0 Å². The van der Waals surface area contributed by atoms with Crippen LogP contribution in [0.1, 0.15) is 19.4 Å². The van der Waals surface area contributed by atoms with E-state index in [1.54, 1.807) is 44.2 Å². The number of benzene rings is 2. The van der Waals surface area contributed by atoms with E-state index in [1.165, 1.54) is 4.90 Å². The molecule has 2 rings (SSSR count). The lowest BCUT2D eigenvalue weighted by Gasteiger charge is -2.31. The van der Waals surface area contributed by atoms with Crippen LogP contribution in [0.15, 0.2) is 60.7 Å². The van der Waals surface area contributed by atoms with Crippen molar-refractivity contribution in [2.75, 3.05) is 18.1 Å². The largest absolute Gasteiger partial charge is 0.376 e. The maximum atomic E-state index is 13.0. The highest BCUT2D eigenvalue weighted by Crippen LogP contribution is 2.25. The highest BCUT2D eigenvalue weighted by atomic mass is 19.3. The van der Waals surface area contributed by atoms with E-state index >= 15 is 0 Å². The molecule has 138 valence electrons. The first-order valence-electron chi connectivity index (χ1n) is 8.24. The van der Waals surface area contributed by atoms with Gasteiger partial charge in [0.05, 0.1) is 18.6 Å². The van der Waals surface area contributed by atoms with Gasteiger partial charge in [0.2, 0.25) is 5.91 Å². The van der Waals surface area contributed by atoms with Crippen molar-refractivity contribution in [3.63, 3.8) is 0 Å². The van der Waals surface area contributed by atoms with Gasteiger partial charge in [-0.15, -0.1) is 0 Å². The van der Waals surface area contributed by atoms with Gasteiger partial charge in [0, 0.05) is 10.2 Å². The molecule has 0 spiro atoms. The summed E-state index contributed by atoms with van der Waals surface area (Å²) in [5, 5.41) is 0. The predicted molar refractivity (Wildman–Crippen MR) is 95.9 cm³/mol. The van der Waals surface area contributed by atoms with Crippen LogP contribution in [0.25, 0.3) is 0 Å². The molecule has 0 saturated heterocycles. The molecule has 0 aromatic heterocycles. The molecule has 0 radical (unpaired) electrons. The summed E-state index contributed by atoms with van der Waals surface area (Å²) in [6.07, 6.45) is 0. The molecule has 5 nitrogen and oxygen atoms in total. The number of carbonyl (C=O) groups is 2. The lowest BCUT2D eigenvalue weighted by atomic mass is 9.92. The number of halogens is 1. The van der Waals surface area contributed by atoms with Gasteiger partial charge in [0.15, 0.2) is 0 Å². The molecule has 0 atom stereocenters. The Kier molecular flexibility index (Phi) is 6.86. The van der Waals surface area contributed by atoms with Crippen LogP contribution in [0.2, 0.25) is 0 Å². The lowest BCUT2D eigenvalue weighted by Crippen LogP contribution is -2.45. The van der Waals surface area contributed by atoms with E-state index in [-0.39, 0.29) is 12.5 Å². The number of carbonyl (C=O) groups excluding carboxylic acids is 2. The van der Waals surface area contributed by atoms with Crippen molar-refractivity contribution in [1.82, 2.24) is 0 Å².